The number of amides is 1. The van der Waals surface area contributed by atoms with Crippen LogP contribution in [0.1, 0.15) is 10.6 Å². The summed E-state index contributed by atoms with van der Waals surface area (Å²) < 4.78 is 13.3. The zero-order valence-corrected chi connectivity index (χ0v) is 15.6. The molecule has 0 aliphatic rings. The predicted octanol–water partition coefficient (Wildman–Crippen LogP) is 3.74. The van der Waals surface area contributed by atoms with Gasteiger partial charge >= 0.3 is 5.91 Å². The van der Waals surface area contributed by atoms with Gasteiger partial charge in [-0.3, -0.25) is 14.9 Å². The van der Waals surface area contributed by atoms with Crippen molar-refractivity contribution in [2.45, 2.75) is 6.54 Å². The second-order valence-electron chi connectivity index (χ2n) is 6.00. The summed E-state index contributed by atoms with van der Waals surface area (Å²) in [6.07, 6.45) is 0. The molecule has 0 atom stereocenters. The highest BCUT2D eigenvalue weighted by atomic mass is 32.1. The van der Waals surface area contributed by atoms with Gasteiger partial charge in [0.25, 0.3) is 5.69 Å². The number of non-ortho nitro benzene ring substituents is 1. The normalized spacial score (nSPS) is 12.1. The van der Waals surface area contributed by atoms with Gasteiger partial charge in [0.1, 0.15) is 5.58 Å². The Hall–Kier alpha value is -3.30. The molecule has 8 nitrogen and oxygen atoms in total. The zero-order valence-electron chi connectivity index (χ0n) is 14.8. The van der Waals surface area contributed by atoms with Gasteiger partial charge in [0, 0.05) is 31.2 Å². The van der Waals surface area contributed by atoms with Gasteiger partial charge in [0.15, 0.2) is 10.6 Å². The fourth-order valence-electron chi connectivity index (χ4n) is 2.88. The van der Waals surface area contributed by atoms with Crippen LogP contribution in [0.5, 0.6) is 0 Å². The molecule has 0 spiro atoms. The van der Waals surface area contributed by atoms with Crippen LogP contribution >= 0.6 is 11.3 Å². The third-order valence-corrected chi connectivity index (χ3v) is 5.29. The number of carbonyl (C=O) groups excluding carboxylic acids is 1. The molecule has 4 rings (SSSR count). The topological polar surface area (TPSA) is 99.9 Å². The smallest absolute Gasteiger partial charge is 0.315 e. The lowest BCUT2D eigenvalue weighted by atomic mass is 10.2. The highest BCUT2D eigenvalue weighted by molar-refractivity contribution is 7.16. The van der Waals surface area contributed by atoms with Crippen LogP contribution in [-0.2, 0) is 11.3 Å². The van der Waals surface area contributed by atoms with Crippen molar-refractivity contribution >= 4 is 44.1 Å². The summed E-state index contributed by atoms with van der Waals surface area (Å²) in [5.41, 5.74) is 1.22. The van der Waals surface area contributed by atoms with E-state index in [9.17, 15) is 14.9 Å². The lowest BCUT2D eigenvalue weighted by Gasteiger charge is -2.03. The highest BCUT2D eigenvalue weighted by Crippen LogP contribution is 2.24. The van der Waals surface area contributed by atoms with Crippen molar-refractivity contribution in [3.8, 4) is 0 Å². The van der Waals surface area contributed by atoms with E-state index in [1.165, 1.54) is 23.5 Å². The molecule has 142 valence electrons. The fourth-order valence-corrected chi connectivity index (χ4v) is 3.92. The average molecular weight is 397 g/mol. The number of carbonyl (C=O) groups is 1. The summed E-state index contributed by atoms with van der Waals surface area (Å²) in [6.45, 7) is 0.782. The lowest BCUT2D eigenvalue weighted by molar-refractivity contribution is -0.384. The molecule has 2 heterocycles. The van der Waals surface area contributed by atoms with Crippen LogP contribution in [0.3, 0.4) is 0 Å². The lowest BCUT2D eigenvalue weighted by Crippen LogP contribution is -2.19. The molecule has 4 aromatic rings. The van der Waals surface area contributed by atoms with Gasteiger partial charge in [-0.2, -0.15) is 4.99 Å². The molecule has 0 saturated heterocycles. The number of nitrogens with zero attached hydrogens (tertiary/aromatic N) is 3. The van der Waals surface area contributed by atoms with Crippen LogP contribution in [0, 0.1) is 10.1 Å². The van der Waals surface area contributed by atoms with Gasteiger partial charge in [-0.25, -0.2) is 0 Å². The first-order valence-corrected chi connectivity index (χ1v) is 9.23. The molecule has 0 aliphatic carbocycles. The number of furan rings is 1. The van der Waals surface area contributed by atoms with Crippen molar-refractivity contribution in [2.75, 3.05) is 13.7 Å². The van der Waals surface area contributed by atoms with Crippen LogP contribution in [0.4, 0.5) is 5.69 Å². The average Bonchev–Trinajstić information content (AvgIpc) is 3.27. The highest BCUT2D eigenvalue weighted by Gasteiger charge is 2.15. The monoisotopic (exact) mass is 397 g/mol. The summed E-state index contributed by atoms with van der Waals surface area (Å²) in [5.74, 6) is -0.369. The Morgan fingerprint density at radius 2 is 2.11 bits per heavy atom. The number of rotatable bonds is 5. The number of hydrogen-bond acceptors (Lipinski definition) is 6. The molecule has 0 fully saturated rings. The van der Waals surface area contributed by atoms with E-state index in [1.807, 2.05) is 18.2 Å². The number of nitro benzene ring substituents is 1. The van der Waals surface area contributed by atoms with Crippen molar-refractivity contribution in [3.63, 3.8) is 0 Å². The summed E-state index contributed by atoms with van der Waals surface area (Å²) in [6, 6.07) is 13.5. The largest absolute Gasteiger partial charge is 0.451 e. The number of para-hydroxylation sites is 1. The Kier molecular flexibility index (Phi) is 4.76. The van der Waals surface area contributed by atoms with E-state index in [2.05, 4.69) is 4.99 Å². The Balaban J connectivity index is 1.83. The van der Waals surface area contributed by atoms with E-state index >= 15 is 0 Å². The first-order chi connectivity index (χ1) is 13.6. The Bertz CT molecular complexity index is 1230. The minimum absolute atomic E-state index is 0.0216. The molecule has 0 aliphatic heterocycles. The maximum Gasteiger partial charge on any atom is 0.315 e. The second kappa shape index (κ2) is 7.37. The SMILES string of the molecule is COCCn1c(=NC(=O)c2cc3ccccc3o2)sc2ccc([N+](=O)[O-])cc21. The van der Waals surface area contributed by atoms with Gasteiger partial charge in [0.05, 0.1) is 21.7 Å². The molecular formula is C19H15N3O5S. The van der Waals surface area contributed by atoms with Crippen LogP contribution in [0.15, 0.2) is 57.9 Å². The number of ether oxygens (including phenoxy) is 1. The van der Waals surface area contributed by atoms with Crippen molar-refractivity contribution in [1.82, 2.24) is 4.57 Å². The van der Waals surface area contributed by atoms with Crippen LogP contribution in [0.2, 0.25) is 0 Å². The van der Waals surface area contributed by atoms with Crippen molar-refractivity contribution in [3.05, 3.63) is 69.2 Å². The van der Waals surface area contributed by atoms with Crippen molar-refractivity contribution in [1.29, 1.82) is 0 Å². The molecule has 9 heteroatoms. The zero-order chi connectivity index (χ0) is 19.7. The van der Waals surface area contributed by atoms with Gasteiger partial charge in [-0.05, 0) is 18.2 Å². The quantitative estimate of drug-likeness (QED) is 0.377. The molecule has 1 amide bonds. The maximum atomic E-state index is 12.7. The molecule has 0 unspecified atom stereocenters. The number of nitro groups is 1. The van der Waals surface area contributed by atoms with Crippen LogP contribution in [0.25, 0.3) is 21.2 Å². The molecule has 2 aromatic carbocycles. The number of hydrogen-bond donors (Lipinski definition) is 0. The fraction of sp³-hybridized carbons (Fsp3) is 0.158. The van der Waals surface area contributed by atoms with Gasteiger partial charge in [-0.15, -0.1) is 0 Å². The van der Waals surface area contributed by atoms with Gasteiger partial charge in [-0.1, -0.05) is 29.5 Å². The molecule has 2 aromatic heterocycles. The molecule has 0 N–H and O–H groups in total. The number of benzene rings is 2. The molecular weight excluding hydrogens is 382 g/mol. The van der Waals surface area contributed by atoms with E-state index in [4.69, 9.17) is 9.15 Å². The first-order valence-electron chi connectivity index (χ1n) is 8.41. The molecule has 28 heavy (non-hydrogen) atoms. The van der Waals surface area contributed by atoms with E-state index in [0.717, 1.165) is 10.1 Å². The molecule has 0 radical (unpaired) electrons. The Morgan fingerprint density at radius 3 is 2.86 bits per heavy atom. The van der Waals surface area contributed by atoms with Gasteiger partial charge in [0.2, 0.25) is 0 Å². The third-order valence-electron chi connectivity index (χ3n) is 4.23. The Morgan fingerprint density at radius 1 is 1.29 bits per heavy atom. The van der Waals surface area contributed by atoms with Crippen molar-refractivity contribution in [2.24, 2.45) is 4.99 Å². The summed E-state index contributed by atoms with van der Waals surface area (Å²) >= 11 is 1.28. The van der Waals surface area contributed by atoms with Crippen LogP contribution < -0.4 is 4.80 Å². The summed E-state index contributed by atoms with van der Waals surface area (Å²) in [7, 11) is 1.56. The summed E-state index contributed by atoms with van der Waals surface area (Å²) in [4.78, 5) is 28.0. The van der Waals surface area contributed by atoms with Gasteiger partial charge < -0.3 is 13.7 Å². The van der Waals surface area contributed by atoms with E-state index < -0.39 is 10.8 Å². The van der Waals surface area contributed by atoms with E-state index in [0.29, 0.717) is 29.1 Å². The number of fused-ring (bicyclic) bond motifs is 2. The predicted molar refractivity (Wildman–Crippen MR) is 104 cm³/mol. The number of thiazole rings is 1. The maximum absolute atomic E-state index is 12.7. The Labute approximate surface area is 162 Å². The van der Waals surface area contributed by atoms with E-state index in [1.54, 1.807) is 29.9 Å². The molecule has 0 saturated carbocycles. The first kappa shape index (κ1) is 18.1. The minimum atomic E-state index is -0.511. The van der Waals surface area contributed by atoms with Crippen molar-refractivity contribution < 1.29 is 18.9 Å². The second-order valence-corrected chi connectivity index (χ2v) is 7.01. The van der Waals surface area contributed by atoms with Crippen LogP contribution in [-0.4, -0.2) is 29.1 Å². The van der Waals surface area contributed by atoms with E-state index in [-0.39, 0.29) is 11.4 Å². The number of aromatic nitrogens is 1. The third kappa shape index (κ3) is 3.32. The molecule has 0 bridgehead atoms. The standard InChI is InChI=1S/C19H15N3O5S/c1-26-9-8-21-14-11-13(22(24)25)6-7-17(14)28-19(21)20-18(23)16-10-12-4-2-3-5-15(12)27-16/h2-7,10-11H,8-9H2,1H3. The number of methoxy groups -OCH3 is 1. The summed E-state index contributed by atoms with van der Waals surface area (Å²) in [5, 5.41) is 11.9. The minimum Gasteiger partial charge on any atom is -0.451 e.